The van der Waals surface area contributed by atoms with Gasteiger partial charge < -0.3 is 10.6 Å². The number of imide groups is 1. The molecule has 1 fully saturated rings. The third-order valence-corrected chi connectivity index (χ3v) is 5.57. The van der Waals surface area contributed by atoms with E-state index in [-0.39, 0.29) is 6.54 Å². The molecule has 0 saturated carbocycles. The maximum atomic E-state index is 13.3. The minimum atomic E-state index is -1.24. The molecule has 1 atom stereocenters. The maximum absolute atomic E-state index is 13.3. The van der Waals surface area contributed by atoms with Crippen LogP contribution in [0.4, 0.5) is 10.5 Å². The highest BCUT2D eigenvalue weighted by Gasteiger charge is 2.50. The second-order valence-electron chi connectivity index (χ2n) is 7.84. The molecule has 3 aromatic carbocycles. The molecule has 6 nitrogen and oxygen atoms in total. The Labute approximate surface area is 174 Å². The topological polar surface area (TPSA) is 78.5 Å². The zero-order valence-electron chi connectivity index (χ0n) is 17.2. The van der Waals surface area contributed by atoms with Crippen LogP contribution in [0.25, 0.3) is 10.8 Å². The number of anilines is 1. The molecule has 1 saturated heterocycles. The van der Waals surface area contributed by atoms with Crippen molar-refractivity contribution in [3.05, 3.63) is 77.4 Å². The lowest BCUT2D eigenvalue weighted by atomic mass is 9.88. The number of nitrogens with zero attached hydrogens (tertiary/aromatic N) is 1. The van der Waals surface area contributed by atoms with Crippen LogP contribution in [0.2, 0.25) is 0 Å². The van der Waals surface area contributed by atoms with E-state index in [4.69, 9.17) is 0 Å². The summed E-state index contributed by atoms with van der Waals surface area (Å²) >= 11 is 0. The van der Waals surface area contributed by atoms with Crippen LogP contribution in [0.15, 0.2) is 60.7 Å². The average Bonchev–Trinajstić information content (AvgIpc) is 2.94. The molecule has 1 heterocycles. The Morgan fingerprint density at radius 3 is 2.57 bits per heavy atom. The first-order chi connectivity index (χ1) is 14.3. The van der Waals surface area contributed by atoms with E-state index in [0.717, 1.165) is 26.8 Å². The monoisotopic (exact) mass is 401 g/mol. The van der Waals surface area contributed by atoms with Crippen molar-refractivity contribution >= 4 is 34.3 Å². The van der Waals surface area contributed by atoms with Crippen LogP contribution in [0.1, 0.15) is 23.6 Å². The van der Waals surface area contributed by atoms with E-state index in [1.54, 1.807) is 6.92 Å². The van der Waals surface area contributed by atoms with Crippen LogP contribution in [0, 0.1) is 13.8 Å². The van der Waals surface area contributed by atoms with Gasteiger partial charge in [-0.3, -0.25) is 14.5 Å². The van der Waals surface area contributed by atoms with Gasteiger partial charge >= 0.3 is 6.03 Å². The fraction of sp³-hybridized carbons (Fsp3) is 0.208. The number of hydrogen-bond acceptors (Lipinski definition) is 3. The van der Waals surface area contributed by atoms with Gasteiger partial charge in [0.05, 0.1) is 0 Å². The largest absolute Gasteiger partial charge is 0.325 e. The molecular formula is C24H23N3O3. The molecule has 1 unspecified atom stereocenters. The molecule has 152 valence electrons. The summed E-state index contributed by atoms with van der Waals surface area (Å²) in [6.45, 7) is 5.15. The van der Waals surface area contributed by atoms with Gasteiger partial charge in [0, 0.05) is 5.69 Å². The van der Waals surface area contributed by atoms with Crippen molar-refractivity contribution in [3.63, 3.8) is 0 Å². The highest BCUT2D eigenvalue weighted by molar-refractivity contribution is 6.11. The van der Waals surface area contributed by atoms with E-state index >= 15 is 0 Å². The van der Waals surface area contributed by atoms with E-state index in [1.165, 1.54) is 0 Å². The van der Waals surface area contributed by atoms with Crippen LogP contribution < -0.4 is 10.6 Å². The van der Waals surface area contributed by atoms with Crippen molar-refractivity contribution < 1.29 is 14.4 Å². The third-order valence-electron chi connectivity index (χ3n) is 5.57. The van der Waals surface area contributed by atoms with Gasteiger partial charge in [0.2, 0.25) is 5.91 Å². The van der Waals surface area contributed by atoms with Crippen LogP contribution in [0.3, 0.4) is 0 Å². The van der Waals surface area contributed by atoms with Gasteiger partial charge in [0.15, 0.2) is 0 Å². The van der Waals surface area contributed by atoms with Crippen molar-refractivity contribution in [2.24, 2.45) is 0 Å². The molecule has 0 radical (unpaired) electrons. The molecule has 0 aromatic heterocycles. The van der Waals surface area contributed by atoms with E-state index in [0.29, 0.717) is 11.3 Å². The lowest BCUT2D eigenvalue weighted by Gasteiger charge is -2.24. The SMILES string of the molecule is Cc1ccc(C)c(NC(=O)CN2C(=O)NC(C)(c3cccc4ccccc34)C2=O)c1. The van der Waals surface area contributed by atoms with Crippen molar-refractivity contribution in [2.45, 2.75) is 26.3 Å². The summed E-state index contributed by atoms with van der Waals surface area (Å²) in [7, 11) is 0. The van der Waals surface area contributed by atoms with E-state index in [2.05, 4.69) is 10.6 Å². The normalized spacial score (nSPS) is 18.6. The van der Waals surface area contributed by atoms with Crippen molar-refractivity contribution in [2.75, 3.05) is 11.9 Å². The second kappa shape index (κ2) is 7.30. The number of rotatable bonds is 4. The molecule has 0 bridgehead atoms. The molecule has 4 amide bonds. The quantitative estimate of drug-likeness (QED) is 0.652. The maximum Gasteiger partial charge on any atom is 0.325 e. The number of benzene rings is 3. The second-order valence-corrected chi connectivity index (χ2v) is 7.84. The zero-order chi connectivity index (χ0) is 21.5. The van der Waals surface area contributed by atoms with Gasteiger partial charge in [-0.25, -0.2) is 4.79 Å². The summed E-state index contributed by atoms with van der Waals surface area (Å²) in [4.78, 5) is 39.5. The number of amides is 4. The van der Waals surface area contributed by atoms with Crippen LogP contribution in [0.5, 0.6) is 0 Å². The van der Waals surface area contributed by atoms with Crippen LogP contribution in [-0.4, -0.2) is 29.3 Å². The predicted molar refractivity (Wildman–Crippen MR) is 116 cm³/mol. The number of hydrogen-bond donors (Lipinski definition) is 2. The average molecular weight is 401 g/mol. The zero-order valence-corrected chi connectivity index (χ0v) is 17.2. The summed E-state index contributed by atoms with van der Waals surface area (Å²) in [5.74, 6) is -0.866. The smallest absolute Gasteiger partial charge is 0.324 e. The van der Waals surface area contributed by atoms with Gasteiger partial charge in [-0.1, -0.05) is 54.6 Å². The minimum absolute atomic E-state index is 0.349. The standard InChI is InChI=1S/C24H23N3O3/c1-15-11-12-16(2)20(13-15)25-21(28)14-27-22(29)24(3,26-23(27)30)19-10-6-8-17-7-4-5-9-18(17)19/h4-13H,14H2,1-3H3,(H,25,28)(H,26,30). The molecule has 0 aliphatic carbocycles. The van der Waals surface area contributed by atoms with Gasteiger partial charge in [-0.05, 0) is 54.3 Å². The van der Waals surface area contributed by atoms with Gasteiger partial charge in [0.1, 0.15) is 12.1 Å². The number of nitrogens with one attached hydrogen (secondary N) is 2. The first-order valence-electron chi connectivity index (χ1n) is 9.79. The van der Waals surface area contributed by atoms with E-state index < -0.39 is 23.4 Å². The summed E-state index contributed by atoms with van der Waals surface area (Å²) in [6.07, 6.45) is 0. The summed E-state index contributed by atoms with van der Waals surface area (Å²) in [6, 6.07) is 18.5. The van der Waals surface area contributed by atoms with Gasteiger partial charge in [-0.2, -0.15) is 0 Å². The number of urea groups is 1. The Kier molecular flexibility index (Phi) is 4.78. The fourth-order valence-corrected chi connectivity index (χ4v) is 3.89. The molecule has 3 aromatic rings. The summed E-state index contributed by atoms with van der Waals surface area (Å²) in [5.41, 5.74) is 2.05. The highest BCUT2D eigenvalue weighted by atomic mass is 16.2. The first-order valence-corrected chi connectivity index (χ1v) is 9.79. The Hall–Kier alpha value is -3.67. The lowest BCUT2D eigenvalue weighted by Crippen LogP contribution is -2.42. The van der Waals surface area contributed by atoms with Crippen LogP contribution >= 0.6 is 0 Å². The molecule has 30 heavy (non-hydrogen) atoms. The lowest BCUT2D eigenvalue weighted by molar-refractivity contribution is -0.133. The van der Waals surface area contributed by atoms with E-state index in [9.17, 15) is 14.4 Å². The Balaban J connectivity index is 1.59. The Morgan fingerprint density at radius 1 is 1.03 bits per heavy atom. The third kappa shape index (κ3) is 3.30. The minimum Gasteiger partial charge on any atom is -0.324 e. The van der Waals surface area contributed by atoms with Gasteiger partial charge in [0.25, 0.3) is 5.91 Å². The molecule has 1 aliphatic heterocycles. The highest BCUT2D eigenvalue weighted by Crippen LogP contribution is 2.33. The predicted octanol–water partition coefficient (Wildman–Crippen LogP) is 3.86. The molecule has 4 rings (SSSR count). The van der Waals surface area contributed by atoms with Crippen molar-refractivity contribution in [1.82, 2.24) is 10.2 Å². The van der Waals surface area contributed by atoms with Crippen LogP contribution in [-0.2, 0) is 15.1 Å². The Morgan fingerprint density at radius 2 is 1.77 bits per heavy atom. The fourth-order valence-electron chi connectivity index (χ4n) is 3.89. The molecular weight excluding hydrogens is 378 g/mol. The summed E-state index contributed by atoms with van der Waals surface area (Å²) in [5, 5.41) is 7.45. The molecule has 6 heteroatoms. The number of carbonyl (C=O) groups excluding carboxylic acids is 3. The summed E-state index contributed by atoms with van der Waals surface area (Å²) < 4.78 is 0. The number of fused-ring (bicyclic) bond motifs is 1. The van der Waals surface area contributed by atoms with Crippen molar-refractivity contribution in [3.8, 4) is 0 Å². The molecule has 0 spiro atoms. The van der Waals surface area contributed by atoms with E-state index in [1.807, 2.05) is 74.5 Å². The number of aryl methyl sites for hydroxylation is 2. The van der Waals surface area contributed by atoms with Crippen molar-refractivity contribution in [1.29, 1.82) is 0 Å². The first kappa shape index (κ1) is 19.6. The molecule has 1 aliphatic rings. The van der Waals surface area contributed by atoms with Gasteiger partial charge in [-0.15, -0.1) is 0 Å². The Bertz CT molecular complexity index is 1180. The number of carbonyl (C=O) groups is 3. The molecule has 2 N–H and O–H groups in total.